The molecule has 0 unspecified atom stereocenters. The van der Waals surface area contributed by atoms with Gasteiger partial charge in [0.1, 0.15) is 5.75 Å². The van der Waals surface area contributed by atoms with Crippen molar-refractivity contribution in [2.75, 3.05) is 6.61 Å². The highest BCUT2D eigenvalue weighted by Gasteiger charge is 2.37. The Morgan fingerprint density at radius 1 is 1.42 bits per heavy atom. The van der Waals surface area contributed by atoms with Crippen molar-refractivity contribution in [1.82, 2.24) is 10.3 Å². The number of hydrogen-bond acceptors (Lipinski definition) is 5. The Hall–Kier alpha value is -2.34. The smallest absolute Gasteiger partial charge is 0.289 e. The summed E-state index contributed by atoms with van der Waals surface area (Å²) in [6.45, 7) is 4.43. The number of nitrogens with one attached hydrogen (secondary N) is 1. The standard InChI is InChI=1S/C20H24N2O4/c1-3-17-21-11(2)19(26-17)20(24)22-18(14-9-15(23)10-14)13-4-5-16-12(8-13)6-7-25-16/h4-5,8,14-15,18,23H,3,6-7,9-10H2,1-2H3,(H,22,24)/t14?,15?,18-/m0/s1. The van der Waals surface area contributed by atoms with Gasteiger partial charge in [-0.25, -0.2) is 4.98 Å². The van der Waals surface area contributed by atoms with Crippen LogP contribution < -0.4 is 10.1 Å². The first-order valence-electron chi connectivity index (χ1n) is 9.26. The average molecular weight is 356 g/mol. The van der Waals surface area contributed by atoms with Crippen molar-refractivity contribution in [3.05, 3.63) is 46.7 Å². The molecule has 0 saturated heterocycles. The summed E-state index contributed by atoms with van der Waals surface area (Å²) in [5.41, 5.74) is 2.83. The van der Waals surface area contributed by atoms with Crippen LogP contribution in [0.3, 0.4) is 0 Å². The minimum absolute atomic E-state index is 0.161. The number of fused-ring (bicyclic) bond motifs is 1. The third kappa shape index (κ3) is 3.09. The number of rotatable bonds is 5. The number of aryl methyl sites for hydroxylation is 2. The Kier molecular flexibility index (Phi) is 4.44. The van der Waals surface area contributed by atoms with Gasteiger partial charge in [0.2, 0.25) is 5.76 Å². The van der Waals surface area contributed by atoms with Gasteiger partial charge in [-0.1, -0.05) is 13.0 Å². The van der Waals surface area contributed by atoms with E-state index >= 15 is 0 Å². The van der Waals surface area contributed by atoms with Crippen LogP contribution in [-0.2, 0) is 12.8 Å². The lowest BCUT2D eigenvalue weighted by atomic mass is 9.75. The first kappa shape index (κ1) is 17.1. The molecule has 0 bridgehead atoms. The van der Waals surface area contributed by atoms with Gasteiger partial charge in [-0.2, -0.15) is 0 Å². The summed E-state index contributed by atoms with van der Waals surface area (Å²) in [5, 5.41) is 12.9. The number of amides is 1. The SMILES string of the molecule is CCc1nc(C)c(C(=O)N[C@@H](c2ccc3c(c2)CCO3)C2CC(O)C2)o1. The Bertz CT molecular complexity index is 823. The monoisotopic (exact) mass is 356 g/mol. The Labute approximate surface area is 152 Å². The first-order chi connectivity index (χ1) is 12.5. The molecular formula is C20H24N2O4. The molecule has 6 heteroatoms. The summed E-state index contributed by atoms with van der Waals surface area (Å²) in [6.07, 6.45) is 2.63. The van der Waals surface area contributed by atoms with E-state index in [1.54, 1.807) is 6.92 Å². The quantitative estimate of drug-likeness (QED) is 0.860. The van der Waals surface area contributed by atoms with Gasteiger partial charge in [-0.3, -0.25) is 4.79 Å². The molecule has 26 heavy (non-hydrogen) atoms. The van der Waals surface area contributed by atoms with Crippen molar-refractivity contribution in [3.63, 3.8) is 0 Å². The molecule has 1 fully saturated rings. The maximum atomic E-state index is 12.8. The van der Waals surface area contributed by atoms with Crippen LogP contribution in [0, 0.1) is 12.8 Å². The topological polar surface area (TPSA) is 84.6 Å². The summed E-state index contributed by atoms with van der Waals surface area (Å²) < 4.78 is 11.2. The minimum Gasteiger partial charge on any atom is -0.493 e. The van der Waals surface area contributed by atoms with E-state index in [1.807, 2.05) is 19.1 Å². The van der Waals surface area contributed by atoms with Crippen molar-refractivity contribution < 1.29 is 19.1 Å². The molecule has 1 aromatic carbocycles. The van der Waals surface area contributed by atoms with Crippen molar-refractivity contribution in [1.29, 1.82) is 0 Å². The second-order valence-electron chi connectivity index (χ2n) is 7.18. The van der Waals surface area contributed by atoms with Gasteiger partial charge in [0.05, 0.1) is 24.4 Å². The van der Waals surface area contributed by atoms with E-state index in [0.29, 0.717) is 37.5 Å². The summed E-state index contributed by atoms with van der Waals surface area (Å²) in [6, 6.07) is 5.93. The molecular weight excluding hydrogens is 332 g/mol. The number of ether oxygens (including phenoxy) is 1. The normalized spacial score (nSPS) is 22.3. The van der Waals surface area contributed by atoms with Gasteiger partial charge < -0.3 is 19.6 Å². The fourth-order valence-corrected chi connectivity index (χ4v) is 3.80. The molecule has 1 aliphatic heterocycles. The number of carbonyl (C=O) groups is 1. The van der Waals surface area contributed by atoms with E-state index in [0.717, 1.165) is 17.7 Å². The molecule has 1 amide bonds. The molecule has 2 aliphatic rings. The van der Waals surface area contributed by atoms with Crippen LogP contribution in [0.1, 0.15) is 59.1 Å². The lowest BCUT2D eigenvalue weighted by Crippen LogP contribution is -2.41. The number of nitrogens with zero attached hydrogens (tertiary/aromatic N) is 1. The molecule has 4 rings (SSSR count). The summed E-state index contributed by atoms with van der Waals surface area (Å²) >= 11 is 0. The van der Waals surface area contributed by atoms with Crippen LogP contribution in [0.2, 0.25) is 0 Å². The molecule has 0 radical (unpaired) electrons. The molecule has 1 aliphatic carbocycles. The van der Waals surface area contributed by atoms with E-state index < -0.39 is 0 Å². The predicted molar refractivity (Wildman–Crippen MR) is 95.2 cm³/mol. The van der Waals surface area contributed by atoms with Gasteiger partial charge in [-0.05, 0) is 48.9 Å². The van der Waals surface area contributed by atoms with E-state index in [4.69, 9.17) is 9.15 Å². The van der Waals surface area contributed by atoms with Crippen LogP contribution in [0.4, 0.5) is 0 Å². The van der Waals surface area contributed by atoms with Crippen LogP contribution in [0.25, 0.3) is 0 Å². The molecule has 2 heterocycles. The Morgan fingerprint density at radius 2 is 2.23 bits per heavy atom. The molecule has 1 saturated carbocycles. The minimum atomic E-state index is -0.282. The number of benzene rings is 1. The number of oxazole rings is 1. The molecule has 2 aromatic rings. The Balaban J connectivity index is 1.59. The highest BCUT2D eigenvalue weighted by molar-refractivity contribution is 5.92. The number of aromatic nitrogens is 1. The van der Waals surface area contributed by atoms with Crippen molar-refractivity contribution >= 4 is 5.91 Å². The molecule has 1 atom stereocenters. The Morgan fingerprint density at radius 3 is 2.92 bits per heavy atom. The van der Waals surface area contributed by atoms with Crippen LogP contribution in [-0.4, -0.2) is 28.7 Å². The number of aliphatic hydroxyl groups excluding tert-OH is 1. The molecule has 1 aromatic heterocycles. The number of carbonyl (C=O) groups excluding carboxylic acids is 1. The van der Waals surface area contributed by atoms with Gasteiger partial charge in [0, 0.05) is 12.8 Å². The maximum absolute atomic E-state index is 12.8. The van der Waals surface area contributed by atoms with E-state index in [2.05, 4.69) is 16.4 Å². The third-order valence-corrected chi connectivity index (χ3v) is 5.33. The van der Waals surface area contributed by atoms with Gasteiger partial charge >= 0.3 is 0 Å². The fourth-order valence-electron chi connectivity index (χ4n) is 3.80. The van der Waals surface area contributed by atoms with Gasteiger partial charge in [0.15, 0.2) is 5.89 Å². The van der Waals surface area contributed by atoms with Crippen LogP contribution in [0.15, 0.2) is 22.6 Å². The largest absolute Gasteiger partial charge is 0.493 e. The second-order valence-corrected chi connectivity index (χ2v) is 7.18. The van der Waals surface area contributed by atoms with E-state index in [9.17, 15) is 9.90 Å². The van der Waals surface area contributed by atoms with E-state index in [-0.39, 0.29) is 29.7 Å². The zero-order valence-electron chi connectivity index (χ0n) is 15.1. The number of hydrogen-bond donors (Lipinski definition) is 2. The van der Waals surface area contributed by atoms with Crippen LogP contribution >= 0.6 is 0 Å². The van der Waals surface area contributed by atoms with E-state index in [1.165, 1.54) is 5.56 Å². The van der Waals surface area contributed by atoms with Crippen LogP contribution in [0.5, 0.6) is 5.75 Å². The lowest BCUT2D eigenvalue weighted by molar-refractivity contribution is 0.0232. The van der Waals surface area contributed by atoms with Gasteiger partial charge in [0.25, 0.3) is 5.91 Å². The lowest BCUT2D eigenvalue weighted by Gasteiger charge is -2.38. The summed E-state index contributed by atoms with van der Waals surface area (Å²) in [5.74, 6) is 1.72. The second kappa shape index (κ2) is 6.76. The zero-order chi connectivity index (χ0) is 18.3. The average Bonchev–Trinajstić information content (AvgIpc) is 3.22. The molecule has 0 spiro atoms. The predicted octanol–water partition coefficient (Wildman–Crippen LogP) is 2.72. The third-order valence-electron chi connectivity index (χ3n) is 5.33. The van der Waals surface area contributed by atoms with Gasteiger partial charge in [-0.15, -0.1) is 0 Å². The highest BCUT2D eigenvalue weighted by Crippen LogP contribution is 2.40. The highest BCUT2D eigenvalue weighted by atomic mass is 16.5. The molecule has 138 valence electrons. The van der Waals surface area contributed by atoms with Crippen molar-refractivity contribution in [2.45, 2.75) is 51.7 Å². The summed E-state index contributed by atoms with van der Waals surface area (Å²) in [7, 11) is 0. The molecule has 6 nitrogen and oxygen atoms in total. The maximum Gasteiger partial charge on any atom is 0.289 e. The molecule has 2 N–H and O–H groups in total. The zero-order valence-corrected chi connectivity index (χ0v) is 15.1. The first-order valence-corrected chi connectivity index (χ1v) is 9.26. The fraction of sp³-hybridized carbons (Fsp3) is 0.500. The number of aliphatic hydroxyl groups is 1. The summed E-state index contributed by atoms with van der Waals surface area (Å²) in [4.78, 5) is 17.1. The van der Waals surface area contributed by atoms with Crippen molar-refractivity contribution in [2.24, 2.45) is 5.92 Å². The van der Waals surface area contributed by atoms with Crippen molar-refractivity contribution in [3.8, 4) is 5.75 Å².